The van der Waals surface area contributed by atoms with Gasteiger partial charge in [-0.15, -0.1) is 10.2 Å². The lowest BCUT2D eigenvalue weighted by atomic mass is 10.3. The van der Waals surface area contributed by atoms with E-state index < -0.39 is 12.0 Å². The number of aryl methyl sites for hydroxylation is 1. The minimum atomic E-state index is -1.03. The highest BCUT2D eigenvalue weighted by Crippen LogP contribution is 2.12. The summed E-state index contributed by atoms with van der Waals surface area (Å²) in [7, 11) is 1.77. The number of carboxylic acids is 1. The molecule has 2 N–H and O–H groups in total. The third-order valence-corrected chi connectivity index (χ3v) is 3.67. The third kappa shape index (κ3) is 4.57. The molecule has 0 aliphatic heterocycles. The molecule has 0 saturated carbocycles. The monoisotopic (exact) mass is 290 g/mol. The van der Waals surface area contributed by atoms with Crippen molar-refractivity contribution < 1.29 is 14.7 Å². The molecule has 0 fully saturated rings. The molecule has 9 heteroatoms. The summed E-state index contributed by atoms with van der Waals surface area (Å²) in [6, 6.07) is -0.854. The molecule has 0 aromatic carbocycles. The first-order chi connectivity index (χ1) is 8.54. The van der Waals surface area contributed by atoms with Crippen molar-refractivity contribution in [1.29, 1.82) is 0 Å². The Bertz CT molecular complexity index is 424. The van der Waals surface area contributed by atoms with Crippen LogP contribution in [0.1, 0.15) is 0 Å². The highest BCUT2D eigenvalue weighted by molar-refractivity contribution is 7.99. The van der Waals surface area contributed by atoms with Crippen LogP contribution in [-0.2, 0) is 16.6 Å². The maximum Gasteiger partial charge on any atom is 0.327 e. The average Bonchev–Trinajstić information content (AvgIpc) is 2.71. The number of nitrogens with one attached hydrogen (secondary N) is 1. The molecular formula is C9H14N4O3S2. The number of carboxylic acid groups (broad SMARTS) is 1. The van der Waals surface area contributed by atoms with Crippen molar-refractivity contribution >= 4 is 35.4 Å². The van der Waals surface area contributed by atoms with E-state index in [-0.39, 0.29) is 11.7 Å². The molecule has 7 nitrogen and oxygen atoms in total. The van der Waals surface area contributed by atoms with Crippen LogP contribution in [0.4, 0.5) is 0 Å². The molecule has 0 unspecified atom stereocenters. The SMILES string of the molecule is CSC[C@H](NC(=O)CSc1nncn1C)C(=O)O. The Hall–Kier alpha value is -1.22. The van der Waals surface area contributed by atoms with Crippen LogP contribution in [0.2, 0.25) is 0 Å². The van der Waals surface area contributed by atoms with Crippen molar-refractivity contribution in [1.82, 2.24) is 20.1 Å². The van der Waals surface area contributed by atoms with Crippen molar-refractivity contribution in [3.05, 3.63) is 6.33 Å². The molecule has 1 aromatic heterocycles. The molecule has 1 aromatic rings. The van der Waals surface area contributed by atoms with E-state index in [1.165, 1.54) is 29.9 Å². The van der Waals surface area contributed by atoms with E-state index in [1.807, 2.05) is 0 Å². The maximum atomic E-state index is 11.6. The van der Waals surface area contributed by atoms with Gasteiger partial charge >= 0.3 is 5.97 Å². The zero-order valence-electron chi connectivity index (χ0n) is 9.99. The standard InChI is InChI=1S/C9H14N4O3S2/c1-13-5-10-12-9(13)18-4-7(14)11-6(3-17-2)8(15)16/h5-6H,3-4H2,1-2H3,(H,11,14)(H,15,16)/t6-/m0/s1. The lowest BCUT2D eigenvalue weighted by Gasteiger charge is -2.12. The zero-order chi connectivity index (χ0) is 13.5. The highest BCUT2D eigenvalue weighted by Gasteiger charge is 2.19. The van der Waals surface area contributed by atoms with E-state index in [2.05, 4.69) is 15.5 Å². The molecular weight excluding hydrogens is 276 g/mol. The lowest BCUT2D eigenvalue weighted by molar-refractivity contribution is -0.140. The van der Waals surface area contributed by atoms with Gasteiger partial charge in [-0.1, -0.05) is 11.8 Å². The van der Waals surface area contributed by atoms with E-state index in [1.54, 1.807) is 17.9 Å². The maximum absolute atomic E-state index is 11.6. The number of aromatic nitrogens is 3. The number of rotatable bonds is 7. The first-order valence-corrected chi connectivity index (χ1v) is 7.40. The fourth-order valence-corrected chi connectivity index (χ4v) is 2.37. The number of amides is 1. The summed E-state index contributed by atoms with van der Waals surface area (Å²) in [5.74, 6) is -0.897. The normalized spacial score (nSPS) is 12.1. The molecule has 0 radical (unpaired) electrons. The topological polar surface area (TPSA) is 97.1 Å². The highest BCUT2D eigenvalue weighted by atomic mass is 32.2. The van der Waals surface area contributed by atoms with Crippen LogP contribution in [-0.4, -0.2) is 55.6 Å². The molecule has 0 spiro atoms. The summed E-state index contributed by atoms with van der Waals surface area (Å²) < 4.78 is 1.69. The zero-order valence-corrected chi connectivity index (χ0v) is 11.6. The number of thioether (sulfide) groups is 2. The fraction of sp³-hybridized carbons (Fsp3) is 0.556. The quantitative estimate of drug-likeness (QED) is 0.673. The van der Waals surface area contributed by atoms with Gasteiger partial charge in [0.25, 0.3) is 0 Å². The summed E-state index contributed by atoms with van der Waals surface area (Å²) in [4.78, 5) is 22.4. The van der Waals surface area contributed by atoms with Gasteiger partial charge in [0, 0.05) is 12.8 Å². The summed E-state index contributed by atoms with van der Waals surface area (Å²) in [5, 5.41) is 19.5. The Labute approximate surface area is 113 Å². The second-order valence-electron chi connectivity index (χ2n) is 3.43. The minimum Gasteiger partial charge on any atom is -0.480 e. The van der Waals surface area contributed by atoms with Crippen molar-refractivity contribution in [2.45, 2.75) is 11.2 Å². The summed E-state index contributed by atoms with van der Waals surface area (Å²) >= 11 is 2.58. The average molecular weight is 290 g/mol. The third-order valence-electron chi connectivity index (χ3n) is 1.97. The Morgan fingerprint density at radius 1 is 1.61 bits per heavy atom. The molecule has 1 rings (SSSR count). The smallest absolute Gasteiger partial charge is 0.327 e. The molecule has 0 bridgehead atoms. The first kappa shape index (κ1) is 14.8. The number of carbonyl (C=O) groups excluding carboxylic acids is 1. The summed E-state index contributed by atoms with van der Waals surface area (Å²) in [6.45, 7) is 0. The van der Waals surface area contributed by atoms with Crippen LogP contribution < -0.4 is 5.32 Å². The molecule has 1 heterocycles. The molecule has 0 aliphatic rings. The van der Waals surface area contributed by atoms with Crippen molar-refractivity contribution in [3.63, 3.8) is 0 Å². The Morgan fingerprint density at radius 2 is 2.33 bits per heavy atom. The molecule has 0 aliphatic carbocycles. The second kappa shape index (κ2) is 7.27. The van der Waals surface area contributed by atoms with Crippen LogP contribution in [0.5, 0.6) is 0 Å². The van der Waals surface area contributed by atoms with Crippen molar-refractivity contribution in [3.8, 4) is 0 Å². The molecule has 1 atom stereocenters. The molecule has 0 saturated heterocycles. The number of hydrogen-bond donors (Lipinski definition) is 2. The van der Waals surface area contributed by atoms with Gasteiger partial charge in [0.15, 0.2) is 5.16 Å². The fourth-order valence-electron chi connectivity index (χ4n) is 1.11. The van der Waals surface area contributed by atoms with E-state index in [0.717, 1.165) is 0 Å². The first-order valence-electron chi connectivity index (χ1n) is 5.02. The molecule has 100 valence electrons. The largest absolute Gasteiger partial charge is 0.480 e. The van der Waals surface area contributed by atoms with Gasteiger partial charge in [-0.05, 0) is 6.26 Å². The van der Waals surface area contributed by atoms with Gasteiger partial charge in [-0.3, -0.25) is 4.79 Å². The summed E-state index contributed by atoms with van der Waals surface area (Å²) in [5.41, 5.74) is 0. The second-order valence-corrected chi connectivity index (χ2v) is 5.28. The minimum absolute atomic E-state index is 0.116. The predicted molar refractivity (Wildman–Crippen MR) is 69.7 cm³/mol. The Morgan fingerprint density at radius 3 is 2.83 bits per heavy atom. The van der Waals surface area contributed by atoms with Gasteiger partial charge in [0.05, 0.1) is 5.75 Å². The van der Waals surface area contributed by atoms with Gasteiger partial charge in [0.2, 0.25) is 5.91 Å². The van der Waals surface area contributed by atoms with E-state index in [4.69, 9.17) is 5.11 Å². The van der Waals surface area contributed by atoms with Gasteiger partial charge in [0.1, 0.15) is 12.4 Å². The number of nitrogens with zero attached hydrogens (tertiary/aromatic N) is 3. The van der Waals surface area contributed by atoms with Crippen molar-refractivity contribution in [2.75, 3.05) is 17.8 Å². The predicted octanol–water partition coefficient (Wildman–Crippen LogP) is -0.160. The Kier molecular flexibility index (Phi) is 5.99. The van der Waals surface area contributed by atoms with Crippen LogP contribution in [0.25, 0.3) is 0 Å². The van der Waals surface area contributed by atoms with E-state index in [0.29, 0.717) is 10.9 Å². The summed E-state index contributed by atoms with van der Waals surface area (Å²) in [6.07, 6.45) is 3.32. The van der Waals surface area contributed by atoms with Crippen LogP contribution in [0.3, 0.4) is 0 Å². The van der Waals surface area contributed by atoms with Crippen molar-refractivity contribution in [2.24, 2.45) is 7.05 Å². The van der Waals surface area contributed by atoms with Crippen LogP contribution in [0, 0.1) is 0 Å². The molecule has 1 amide bonds. The number of aliphatic carboxylic acids is 1. The van der Waals surface area contributed by atoms with E-state index in [9.17, 15) is 9.59 Å². The number of hydrogen-bond acceptors (Lipinski definition) is 6. The van der Waals surface area contributed by atoms with Gasteiger partial charge in [-0.2, -0.15) is 11.8 Å². The van der Waals surface area contributed by atoms with E-state index >= 15 is 0 Å². The Balaban J connectivity index is 2.41. The number of carbonyl (C=O) groups is 2. The lowest BCUT2D eigenvalue weighted by Crippen LogP contribution is -2.43. The van der Waals surface area contributed by atoms with Crippen LogP contribution >= 0.6 is 23.5 Å². The van der Waals surface area contributed by atoms with Gasteiger partial charge in [-0.25, -0.2) is 4.79 Å². The molecule has 18 heavy (non-hydrogen) atoms. The van der Waals surface area contributed by atoms with Crippen LogP contribution in [0.15, 0.2) is 11.5 Å². The van der Waals surface area contributed by atoms with Gasteiger partial charge < -0.3 is 15.0 Å².